The fourth-order valence-electron chi connectivity index (χ4n) is 1.88. The highest BCUT2D eigenvalue weighted by atomic mass is 32.1. The van der Waals surface area contributed by atoms with Crippen LogP contribution in [0.15, 0.2) is 29.6 Å². The number of thiazole rings is 1. The molecular weight excluding hydrogens is 344 g/mol. The number of nitrogens with zero attached hydrogens (tertiary/aromatic N) is 1. The van der Waals surface area contributed by atoms with Gasteiger partial charge in [-0.05, 0) is 30.8 Å². The summed E-state index contributed by atoms with van der Waals surface area (Å²) in [5, 5.41) is 7.62. The number of hydrogen-bond acceptors (Lipinski definition) is 7. The van der Waals surface area contributed by atoms with Crippen molar-refractivity contribution in [2.45, 2.75) is 6.42 Å². The largest absolute Gasteiger partial charge is 0.468 e. The molecular formula is C16H18N4O4S. The van der Waals surface area contributed by atoms with Crippen molar-refractivity contribution in [2.24, 2.45) is 5.73 Å². The fraction of sp³-hybridized carbons (Fsp3) is 0.250. The van der Waals surface area contributed by atoms with Gasteiger partial charge in [-0.2, -0.15) is 0 Å². The Morgan fingerprint density at radius 3 is 2.56 bits per heavy atom. The van der Waals surface area contributed by atoms with E-state index in [0.29, 0.717) is 29.9 Å². The summed E-state index contributed by atoms with van der Waals surface area (Å²) in [6.45, 7) is 0.275. The van der Waals surface area contributed by atoms with Crippen LogP contribution in [0.4, 0.5) is 5.69 Å². The molecule has 9 heteroatoms. The molecule has 0 aliphatic rings. The summed E-state index contributed by atoms with van der Waals surface area (Å²) in [5.41, 5.74) is 6.68. The van der Waals surface area contributed by atoms with Crippen molar-refractivity contribution in [1.29, 1.82) is 0 Å². The van der Waals surface area contributed by atoms with Gasteiger partial charge in [0.05, 0.1) is 12.1 Å². The maximum Gasteiger partial charge on any atom is 0.325 e. The average Bonchev–Trinajstić information content (AvgIpc) is 3.09. The number of hydrogen-bond donors (Lipinski definition) is 3. The predicted molar refractivity (Wildman–Crippen MR) is 93.6 cm³/mol. The zero-order valence-corrected chi connectivity index (χ0v) is 14.4. The third-order valence-electron chi connectivity index (χ3n) is 3.17. The van der Waals surface area contributed by atoms with Crippen molar-refractivity contribution < 1.29 is 19.1 Å². The second-order valence-corrected chi connectivity index (χ2v) is 5.90. The van der Waals surface area contributed by atoms with Crippen molar-refractivity contribution in [1.82, 2.24) is 10.3 Å². The van der Waals surface area contributed by atoms with Gasteiger partial charge in [-0.25, -0.2) is 4.98 Å². The van der Waals surface area contributed by atoms with Crippen LogP contribution in [0.25, 0.3) is 0 Å². The number of aromatic nitrogens is 1. The Bertz CT molecular complexity index is 758. The number of nitrogens with two attached hydrogens (primary N) is 1. The number of methoxy groups -OCH3 is 1. The smallest absolute Gasteiger partial charge is 0.325 e. The Morgan fingerprint density at radius 2 is 1.92 bits per heavy atom. The molecule has 1 aromatic carbocycles. The van der Waals surface area contributed by atoms with Crippen molar-refractivity contribution in [3.05, 3.63) is 45.9 Å². The number of ether oxygens (including phenoxy) is 1. The molecule has 0 saturated carbocycles. The topological polar surface area (TPSA) is 123 Å². The lowest BCUT2D eigenvalue weighted by Crippen LogP contribution is -2.30. The van der Waals surface area contributed by atoms with Crippen LogP contribution in [0.1, 0.15) is 25.9 Å². The van der Waals surface area contributed by atoms with E-state index < -0.39 is 11.9 Å². The van der Waals surface area contributed by atoms with Gasteiger partial charge in [-0.3, -0.25) is 14.4 Å². The molecule has 0 bridgehead atoms. The first kappa shape index (κ1) is 18.6. The third kappa shape index (κ3) is 5.37. The minimum Gasteiger partial charge on any atom is -0.468 e. The second-order valence-electron chi connectivity index (χ2n) is 4.96. The molecule has 132 valence electrons. The molecule has 2 rings (SSSR count). The van der Waals surface area contributed by atoms with Crippen LogP contribution in [0.5, 0.6) is 0 Å². The number of nitrogens with one attached hydrogen (secondary N) is 2. The van der Waals surface area contributed by atoms with Gasteiger partial charge >= 0.3 is 5.97 Å². The Kier molecular flexibility index (Phi) is 6.61. The van der Waals surface area contributed by atoms with Crippen LogP contribution in [0, 0.1) is 0 Å². The first-order chi connectivity index (χ1) is 12.0. The van der Waals surface area contributed by atoms with Gasteiger partial charge < -0.3 is 21.1 Å². The summed E-state index contributed by atoms with van der Waals surface area (Å²) >= 11 is 1.39. The van der Waals surface area contributed by atoms with Crippen molar-refractivity contribution in [2.75, 3.05) is 25.5 Å². The fourth-order valence-corrected chi connectivity index (χ4v) is 2.67. The molecule has 0 unspecified atom stereocenters. The molecule has 2 amide bonds. The number of amides is 2. The van der Waals surface area contributed by atoms with E-state index in [2.05, 4.69) is 20.4 Å². The number of esters is 1. The van der Waals surface area contributed by atoms with Gasteiger partial charge in [0, 0.05) is 23.1 Å². The zero-order valence-electron chi connectivity index (χ0n) is 13.6. The maximum absolute atomic E-state index is 12.1. The van der Waals surface area contributed by atoms with Gasteiger partial charge in [0.2, 0.25) is 0 Å². The van der Waals surface area contributed by atoms with E-state index in [1.165, 1.54) is 18.4 Å². The summed E-state index contributed by atoms with van der Waals surface area (Å²) < 4.78 is 4.45. The van der Waals surface area contributed by atoms with E-state index in [9.17, 15) is 14.4 Å². The van der Waals surface area contributed by atoms with Gasteiger partial charge in [0.1, 0.15) is 12.2 Å². The molecule has 1 heterocycles. The number of benzene rings is 1. The minimum atomic E-state index is -0.533. The monoisotopic (exact) mass is 362 g/mol. The molecule has 0 radical (unpaired) electrons. The van der Waals surface area contributed by atoms with E-state index in [1.54, 1.807) is 29.6 Å². The van der Waals surface area contributed by atoms with Crippen LogP contribution in [0.2, 0.25) is 0 Å². The zero-order chi connectivity index (χ0) is 18.2. The van der Waals surface area contributed by atoms with E-state index in [-0.39, 0.29) is 12.5 Å². The van der Waals surface area contributed by atoms with Crippen molar-refractivity contribution in [3.8, 4) is 0 Å². The number of rotatable bonds is 7. The van der Waals surface area contributed by atoms with E-state index in [0.717, 1.165) is 5.01 Å². The second kappa shape index (κ2) is 8.90. The SMILES string of the molecule is COC(=O)CNC(=O)c1ccc(NC(=O)c2csc(CCN)n2)cc1. The Morgan fingerprint density at radius 1 is 1.20 bits per heavy atom. The quantitative estimate of drug-likeness (QED) is 0.626. The first-order valence-corrected chi connectivity index (χ1v) is 8.32. The summed E-state index contributed by atoms with van der Waals surface area (Å²) in [7, 11) is 1.24. The first-order valence-electron chi connectivity index (χ1n) is 7.44. The number of carbonyl (C=O) groups excluding carboxylic acids is 3. The van der Waals surface area contributed by atoms with Crippen LogP contribution < -0.4 is 16.4 Å². The van der Waals surface area contributed by atoms with Gasteiger partial charge in [0.25, 0.3) is 11.8 Å². The molecule has 0 aliphatic heterocycles. The maximum atomic E-state index is 12.1. The van der Waals surface area contributed by atoms with Gasteiger partial charge in [-0.1, -0.05) is 0 Å². The Balaban J connectivity index is 1.93. The lowest BCUT2D eigenvalue weighted by atomic mass is 10.2. The van der Waals surface area contributed by atoms with Crippen LogP contribution in [-0.4, -0.2) is 43.0 Å². The molecule has 0 fully saturated rings. The third-order valence-corrected chi connectivity index (χ3v) is 4.08. The predicted octanol–water partition coefficient (Wildman–Crippen LogP) is 0.799. The van der Waals surface area contributed by atoms with Crippen LogP contribution in [0.3, 0.4) is 0 Å². The van der Waals surface area contributed by atoms with E-state index in [4.69, 9.17) is 5.73 Å². The summed E-state index contributed by atoms with van der Waals surface area (Å²) in [4.78, 5) is 39.2. The Hall–Kier alpha value is -2.78. The normalized spacial score (nSPS) is 10.2. The van der Waals surface area contributed by atoms with Gasteiger partial charge in [0.15, 0.2) is 0 Å². The van der Waals surface area contributed by atoms with Crippen LogP contribution >= 0.6 is 11.3 Å². The number of carbonyl (C=O) groups is 3. The summed E-state index contributed by atoms with van der Waals surface area (Å²) in [6, 6.07) is 6.28. The molecule has 0 aliphatic carbocycles. The molecule has 0 atom stereocenters. The van der Waals surface area contributed by atoms with Gasteiger partial charge in [-0.15, -0.1) is 11.3 Å². The number of anilines is 1. The minimum absolute atomic E-state index is 0.206. The summed E-state index contributed by atoms with van der Waals surface area (Å²) in [5.74, 6) is -1.27. The molecule has 25 heavy (non-hydrogen) atoms. The average molecular weight is 362 g/mol. The van der Waals surface area contributed by atoms with Crippen molar-refractivity contribution >= 4 is 34.8 Å². The van der Waals surface area contributed by atoms with Crippen LogP contribution in [-0.2, 0) is 16.0 Å². The summed E-state index contributed by atoms with van der Waals surface area (Å²) in [6.07, 6.45) is 0.632. The lowest BCUT2D eigenvalue weighted by Gasteiger charge is -2.06. The highest BCUT2D eigenvalue weighted by Gasteiger charge is 2.12. The molecule has 0 saturated heterocycles. The van der Waals surface area contributed by atoms with E-state index in [1.807, 2.05) is 0 Å². The molecule has 1 aromatic heterocycles. The highest BCUT2D eigenvalue weighted by Crippen LogP contribution is 2.14. The van der Waals surface area contributed by atoms with Crippen molar-refractivity contribution in [3.63, 3.8) is 0 Å². The molecule has 0 spiro atoms. The standard InChI is InChI=1S/C16H18N4O4S/c1-24-14(21)8-18-15(22)10-2-4-11(5-3-10)19-16(23)12-9-25-13(20-12)6-7-17/h2-5,9H,6-8,17H2,1H3,(H,18,22)(H,19,23). The lowest BCUT2D eigenvalue weighted by molar-refractivity contribution is -0.139. The molecule has 8 nitrogen and oxygen atoms in total. The highest BCUT2D eigenvalue weighted by molar-refractivity contribution is 7.09. The Labute approximate surface area is 148 Å². The van der Waals surface area contributed by atoms with E-state index >= 15 is 0 Å². The molecule has 4 N–H and O–H groups in total. The molecule has 2 aromatic rings.